The van der Waals surface area contributed by atoms with Gasteiger partial charge in [-0.05, 0) is 43.0 Å². The van der Waals surface area contributed by atoms with Crippen LogP contribution < -0.4 is 5.32 Å². The molecule has 1 aromatic rings. The third kappa shape index (κ3) is 3.19. The van der Waals surface area contributed by atoms with Crippen molar-refractivity contribution >= 4 is 11.6 Å². The second-order valence-electron chi connectivity index (χ2n) is 4.54. The van der Waals surface area contributed by atoms with Crippen molar-refractivity contribution < 1.29 is 5.11 Å². The van der Waals surface area contributed by atoms with Crippen molar-refractivity contribution in [1.29, 1.82) is 5.26 Å². The molecule has 17 heavy (non-hydrogen) atoms. The van der Waals surface area contributed by atoms with Crippen molar-refractivity contribution in [3.05, 3.63) is 34.3 Å². The highest BCUT2D eigenvalue weighted by Crippen LogP contribution is 2.26. The van der Waals surface area contributed by atoms with Crippen LogP contribution in [0.5, 0.6) is 0 Å². The van der Waals surface area contributed by atoms with Crippen molar-refractivity contribution in [2.45, 2.75) is 25.5 Å². The molecule has 0 unspecified atom stereocenters. The van der Waals surface area contributed by atoms with Gasteiger partial charge >= 0.3 is 0 Å². The van der Waals surface area contributed by atoms with Gasteiger partial charge in [-0.1, -0.05) is 17.7 Å². The molecule has 0 radical (unpaired) electrons. The summed E-state index contributed by atoms with van der Waals surface area (Å²) in [7, 11) is 0. The second kappa shape index (κ2) is 5.50. The minimum absolute atomic E-state index is 0.0969. The fraction of sp³-hybridized carbons (Fsp3) is 0.462. The van der Waals surface area contributed by atoms with Crippen LogP contribution in [0, 0.1) is 17.2 Å². The molecule has 1 aromatic carbocycles. The van der Waals surface area contributed by atoms with Crippen LogP contribution in [0.25, 0.3) is 0 Å². The quantitative estimate of drug-likeness (QED) is 0.860. The molecule has 0 aliphatic heterocycles. The summed E-state index contributed by atoms with van der Waals surface area (Å²) in [5.41, 5.74) is 1.59. The lowest BCUT2D eigenvalue weighted by atomic mass is 9.82. The van der Waals surface area contributed by atoms with E-state index in [1.165, 1.54) is 0 Å². The van der Waals surface area contributed by atoms with E-state index in [1.54, 1.807) is 12.1 Å². The number of nitrogens with one attached hydrogen (secondary N) is 1. The molecule has 0 bridgehead atoms. The Bertz CT molecular complexity index is 436. The van der Waals surface area contributed by atoms with Crippen molar-refractivity contribution in [1.82, 2.24) is 5.32 Å². The first-order valence-corrected chi connectivity index (χ1v) is 6.14. The molecule has 0 heterocycles. The zero-order chi connectivity index (χ0) is 12.3. The third-order valence-corrected chi connectivity index (χ3v) is 3.49. The van der Waals surface area contributed by atoms with Crippen molar-refractivity contribution in [3.8, 4) is 6.07 Å². The van der Waals surface area contributed by atoms with Gasteiger partial charge in [-0.3, -0.25) is 0 Å². The number of nitrogens with zero attached hydrogens (tertiary/aromatic N) is 1. The second-order valence-corrected chi connectivity index (χ2v) is 4.95. The number of aliphatic hydroxyl groups excluding tert-OH is 1. The maximum Gasteiger partial charge on any atom is 0.0992 e. The first-order chi connectivity index (χ1) is 8.19. The zero-order valence-corrected chi connectivity index (χ0v) is 10.2. The predicted octanol–water partition coefficient (Wildman–Crippen LogP) is 2.07. The molecule has 0 amide bonds. The van der Waals surface area contributed by atoms with Gasteiger partial charge in [0.25, 0.3) is 0 Å². The summed E-state index contributed by atoms with van der Waals surface area (Å²) in [5.74, 6) is 0.585. The van der Waals surface area contributed by atoms with Crippen molar-refractivity contribution in [2.24, 2.45) is 5.92 Å². The van der Waals surface area contributed by atoms with Gasteiger partial charge in [0, 0.05) is 11.6 Å². The molecule has 90 valence electrons. The molecule has 1 aliphatic carbocycles. The zero-order valence-electron chi connectivity index (χ0n) is 9.49. The molecule has 0 saturated heterocycles. The van der Waals surface area contributed by atoms with E-state index < -0.39 is 0 Å². The summed E-state index contributed by atoms with van der Waals surface area (Å²) in [4.78, 5) is 0. The number of nitriles is 1. The van der Waals surface area contributed by atoms with Crippen LogP contribution in [0.1, 0.15) is 24.0 Å². The van der Waals surface area contributed by atoms with Crippen LogP contribution in [0.3, 0.4) is 0 Å². The van der Waals surface area contributed by atoms with Gasteiger partial charge in [0.1, 0.15) is 0 Å². The number of hydrogen-bond donors (Lipinski definition) is 2. The van der Waals surface area contributed by atoms with Gasteiger partial charge in [0.2, 0.25) is 0 Å². The highest BCUT2D eigenvalue weighted by molar-refractivity contribution is 6.31. The normalized spacial score (nSPS) is 22.9. The minimum atomic E-state index is -0.0969. The fourth-order valence-electron chi connectivity index (χ4n) is 2.04. The molecule has 1 aliphatic rings. The SMILES string of the molecule is N#Cc1ccc(CNCC2CC(O)C2)c(Cl)c1. The summed E-state index contributed by atoms with van der Waals surface area (Å²) < 4.78 is 0. The van der Waals surface area contributed by atoms with E-state index in [0.717, 1.165) is 24.9 Å². The van der Waals surface area contributed by atoms with E-state index in [2.05, 4.69) is 11.4 Å². The van der Waals surface area contributed by atoms with Gasteiger partial charge in [0.05, 0.1) is 17.7 Å². The largest absolute Gasteiger partial charge is 0.393 e. The van der Waals surface area contributed by atoms with E-state index >= 15 is 0 Å². The topological polar surface area (TPSA) is 56.0 Å². The molecule has 0 spiro atoms. The van der Waals surface area contributed by atoms with Gasteiger partial charge in [-0.2, -0.15) is 5.26 Å². The summed E-state index contributed by atoms with van der Waals surface area (Å²) in [5, 5.41) is 21.8. The maximum atomic E-state index is 9.16. The summed E-state index contributed by atoms with van der Waals surface area (Å²) in [6.45, 7) is 1.62. The average molecular weight is 251 g/mol. The Hall–Kier alpha value is -1.08. The lowest BCUT2D eigenvalue weighted by Gasteiger charge is -2.31. The molecule has 2 rings (SSSR count). The molecule has 4 heteroatoms. The maximum absolute atomic E-state index is 9.16. The third-order valence-electron chi connectivity index (χ3n) is 3.14. The smallest absolute Gasteiger partial charge is 0.0992 e. The number of halogens is 1. The molecular weight excluding hydrogens is 236 g/mol. The van der Waals surface area contributed by atoms with Crippen LogP contribution in [0.2, 0.25) is 5.02 Å². The summed E-state index contributed by atoms with van der Waals surface area (Å²) in [6, 6.07) is 7.40. The molecule has 1 saturated carbocycles. The number of aliphatic hydroxyl groups is 1. The highest BCUT2D eigenvalue weighted by atomic mass is 35.5. The number of hydrogen-bond acceptors (Lipinski definition) is 3. The Morgan fingerprint density at radius 2 is 2.24 bits per heavy atom. The van der Waals surface area contributed by atoms with Gasteiger partial charge < -0.3 is 10.4 Å². The summed E-state index contributed by atoms with van der Waals surface area (Å²) in [6.07, 6.45) is 1.70. The van der Waals surface area contributed by atoms with Crippen LogP contribution in [-0.2, 0) is 6.54 Å². The van der Waals surface area contributed by atoms with E-state index in [-0.39, 0.29) is 6.10 Å². The van der Waals surface area contributed by atoms with Gasteiger partial charge in [-0.15, -0.1) is 0 Å². The van der Waals surface area contributed by atoms with Crippen LogP contribution >= 0.6 is 11.6 Å². The van der Waals surface area contributed by atoms with Crippen molar-refractivity contribution in [3.63, 3.8) is 0 Å². The number of benzene rings is 1. The van der Waals surface area contributed by atoms with E-state index in [9.17, 15) is 0 Å². The molecule has 0 atom stereocenters. The standard InChI is InChI=1S/C13H15ClN2O/c14-13-5-9(6-15)1-2-11(13)8-16-7-10-3-12(17)4-10/h1-2,5,10,12,16-17H,3-4,7-8H2. The molecule has 3 nitrogen and oxygen atoms in total. The van der Waals surface area contributed by atoms with Gasteiger partial charge in [-0.25, -0.2) is 0 Å². The van der Waals surface area contributed by atoms with Crippen LogP contribution in [-0.4, -0.2) is 17.8 Å². The Balaban J connectivity index is 1.81. The van der Waals surface area contributed by atoms with E-state index in [0.29, 0.717) is 23.0 Å². The molecular formula is C13H15ClN2O. The van der Waals surface area contributed by atoms with Gasteiger partial charge in [0.15, 0.2) is 0 Å². The Morgan fingerprint density at radius 3 is 2.82 bits per heavy atom. The monoisotopic (exact) mass is 250 g/mol. The molecule has 1 fully saturated rings. The Labute approximate surface area is 106 Å². The first kappa shape index (κ1) is 12.4. The average Bonchev–Trinajstić information content (AvgIpc) is 2.28. The number of rotatable bonds is 4. The lowest BCUT2D eigenvalue weighted by molar-refractivity contribution is 0.0430. The van der Waals surface area contributed by atoms with Crippen LogP contribution in [0.4, 0.5) is 0 Å². The predicted molar refractivity (Wildman–Crippen MR) is 66.6 cm³/mol. The summed E-state index contributed by atoms with van der Waals surface area (Å²) >= 11 is 6.06. The fourth-order valence-corrected chi connectivity index (χ4v) is 2.29. The Kier molecular flexibility index (Phi) is 4.01. The lowest BCUT2D eigenvalue weighted by Crippen LogP contribution is -2.35. The highest BCUT2D eigenvalue weighted by Gasteiger charge is 2.26. The van der Waals surface area contributed by atoms with E-state index in [1.807, 2.05) is 6.07 Å². The first-order valence-electron chi connectivity index (χ1n) is 5.76. The minimum Gasteiger partial charge on any atom is -0.393 e. The molecule has 0 aromatic heterocycles. The van der Waals surface area contributed by atoms with E-state index in [4.69, 9.17) is 22.0 Å². The Morgan fingerprint density at radius 1 is 1.47 bits per heavy atom. The van der Waals surface area contributed by atoms with Crippen LogP contribution in [0.15, 0.2) is 18.2 Å². The van der Waals surface area contributed by atoms with Crippen molar-refractivity contribution in [2.75, 3.05) is 6.54 Å². The molecule has 2 N–H and O–H groups in total.